The molecule has 0 bridgehead atoms. The molecule has 0 saturated heterocycles. The first-order chi connectivity index (χ1) is 9.35. The Hall–Kier alpha value is -1.64. The van der Waals surface area contributed by atoms with Crippen LogP contribution in [-0.2, 0) is 26.0 Å². The Morgan fingerprint density at radius 2 is 1.63 bits per heavy atom. The van der Waals surface area contributed by atoms with Crippen LogP contribution in [0.1, 0.15) is 22.3 Å². The van der Waals surface area contributed by atoms with E-state index in [9.17, 15) is 0 Å². The van der Waals surface area contributed by atoms with Gasteiger partial charge in [-0.05, 0) is 35.1 Å². The van der Waals surface area contributed by atoms with Crippen molar-refractivity contribution in [2.24, 2.45) is 0 Å². The van der Waals surface area contributed by atoms with Crippen LogP contribution in [0.5, 0.6) is 0 Å². The van der Waals surface area contributed by atoms with Crippen LogP contribution in [0.2, 0.25) is 0 Å². The van der Waals surface area contributed by atoms with E-state index >= 15 is 0 Å². The molecular weight excluding hydrogens is 234 g/mol. The zero-order chi connectivity index (χ0) is 13.1. The molecule has 1 aliphatic rings. The van der Waals surface area contributed by atoms with Gasteiger partial charge in [0.15, 0.2) is 0 Å². The number of hydrogen-bond acceptors (Lipinski definition) is 2. The summed E-state index contributed by atoms with van der Waals surface area (Å²) in [5.41, 5.74) is 5.17. The summed E-state index contributed by atoms with van der Waals surface area (Å²) in [6.07, 6.45) is 2.24. The molecule has 3 rings (SSSR count). The van der Waals surface area contributed by atoms with Gasteiger partial charge in [0.05, 0.1) is 6.61 Å². The minimum atomic E-state index is 0.114. The van der Waals surface area contributed by atoms with Crippen LogP contribution in [-0.4, -0.2) is 11.1 Å². The summed E-state index contributed by atoms with van der Waals surface area (Å²) < 4.78 is 0. The van der Waals surface area contributed by atoms with Gasteiger partial charge in [-0.3, -0.25) is 0 Å². The second-order valence-electron chi connectivity index (χ2n) is 5.23. The van der Waals surface area contributed by atoms with Crippen molar-refractivity contribution in [3.63, 3.8) is 0 Å². The molecule has 0 radical (unpaired) electrons. The van der Waals surface area contributed by atoms with E-state index in [2.05, 4.69) is 41.7 Å². The lowest BCUT2D eigenvalue weighted by Gasteiger charge is -2.12. The van der Waals surface area contributed by atoms with Crippen molar-refractivity contribution < 1.29 is 5.11 Å². The van der Waals surface area contributed by atoms with E-state index in [1.807, 2.05) is 12.1 Å². The summed E-state index contributed by atoms with van der Waals surface area (Å²) in [5, 5.41) is 12.8. The van der Waals surface area contributed by atoms with E-state index in [1.54, 1.807) is 0 Å². The van der Waals surface area contributed by atoms with Gasteiger partial charge in [-0.15, -0.1) is 0 Å². The first-order valence-corrected chi connectivity index (χ1v) is 6.84. The van der Waals surface area contributed by atoms with Crippen molar-refractivity contribution in [3.05, 3.63) is 70.8 Å². The summed E-state index contributed by atoms with van der Waals surface area (Å²) in [5.74, 6) is 0. The monoisotopic (exact) mass is 253 g/mol. The van der Waals surface area contributed by atoms with Crippen LogP contribution in [0, 0.1) is 0 Å². The highest BCUT2D eigenvalue weighted by Gasteiger charge is 2.19. The van der Waals surface area contributed by atoms with Gasteiger partial charge in [-0.25, -0.2) is 0 Å². The van der Waals surface area contributed by atoms with E-state index in [-0.39, 0.29) is 6.61 Å². The molecule has 98 valence electrons. The number of nitrogens with one attached hydrogen (secondary N) is 1. The maximum absolute atomic E-state index is 9.14. The van der Waals surface area contributed by atoms with E-state index in [4.69, 9.17) is 5.11 Å². The van der Waals surface area contributed by atoms with Gasteiger partial charge >= 0.3 is 0 Å². The maximum Gasteiger partial charge on any atom is 0.0681 e. The summed E-state index contributed by atoms with van der Waals surface area (Å²) >= 11 is 0. The van der Waals surface area contributed by atoms with Gasteiger partial charge in [0, 0.05) is 12.6 Å². The summed E-state index contributed by atoms with van der Waals surface area (Å²) in [6, 6.07) is 17.4. The third kappa shape index (κ3) is 2.86. The van der Waals surface area contributed by atoms with E-state index < -0.39 is 0 Å². The summed E-state index contributed by atoms with van der Waals surface area (Å²) in [7, 11) is 0. The van der Waals surface area contributed by atoms with E-state index in [1.165, 1.54) is 16.7 Å². The highest BCUT2D eigenvalue weighted by atomic mass is 16.3. The van der Waals surface area contributed by atoms with Crippen molar-refractivity contribution in [1.29, 1.82) is 0 Å². The van der Waals surface area contributed by atoms with Crippen LogP contribution >= 0.6 is 0 Å². The molecule has 2 aromatic rings. The average molecular weight is 253 g/mol. The average Bonchev–Trinajstić information content (AvgIpc) is 2.88. The molecule has 0 fully saturated rings. The molecular formula is C17H19NO. The fourth-order valence-corrected chi connectivity index (χ4v) is 2.80. The highest BCUT2D eigenvalue weighted by molar-refractivity contribution is 5.33. The van der Waals surface area contributed by atoms with Gasteiger partial charge in [0.2, 0.25) is 0 Å². The smallest absolute Gasteiger partial charge is 0.0681 e. The lowest BCUT2D eigenvalue weighted by Crippen LogP contribution is -2.28. The number of aliphatic hydroxyl groups is 1. The highest BCUT2D eigenvalue weighted by Crippen LogP contribution is 2.21. The molecule has 0 atom stereocenters. The molecule has 1 aliphatic carbocycles. The van der Waals surface area contributed by atoms with E-state index in [0.717, 1.165) is 24.9 Å². The molecule has 2 heteroatoms. The topological polar surface area (TPSA) is 32.3 Å². The minimum absolute atomic E-state index is 0.114. The predicted octanol–water partition coefficient (Wildman–Crippen LogP) is 2.44. The second kappa shape index (κ2) is 5.55. The van der Waals surface area contributed by atoms with Crippen molar-refractivity contribution in [3.8, 4) is 0 Å². The first kappa shape index (κ1) is 12.4. The molecule has 19 heavy (non-hydrogen) atoms. The molecule has 0 aromatic heterocycles. The summed E-state index contributed by atoms with van der Waals surface area (Å²) in [4.78, 5) is 0. The number of aliphatic hydroxyl groups excluding tert-OH is 1. The van der Waals surface area contributed by atoms with E-state index in [0.29, 0.717) is 6.04 Å². The Morgan fingerprint density at radius 3 is 2.32 bits per heavy atom. The standard InChI is InChI=1S/C17H19NO/c19-12-14-5-3-4-13(8-14)11-18-17-9-15-6-1-2-7-16(15)10-17/h1-8,17-19H,9-12H2. The van der Waals surface area contributed by atoms with Gasteiger partial charge in [0.1, 0.15) is 0 Å². The molecule has 2 nitrogen and oxygen atoms in total. The molecule has 0 heterocycles. The molecule has 2 aromatic carbocycles. The maximum atomic E-state index is 9.14. The second-order valence-corrected chi connectivity index (χ2v) is 5.23. The largest absolute Gasteiger partial charge is 0.392 e. The summed E-state index contributed by atoms with van der Waals surface area (Å²) in [6.45, 7) is 0.981. The molecule has 0 spiro atoms. The number of hydrogen-bond donors (Lipinski definition) is 2. The SMILES string of the molecule is OCc1cccc(CNC2Cc3ccccc3C2)c1. The fraction of sp³-hybridized carbons (Fsp3) is 0.294. The minimum Gasteiger partial charge on any atom is -0.392 e. The Bertz CT molecular complexity index is 540. The normalized spacial score (nSPS) is 14.6. The van der Waals surface area contributed by atoms with Crippen molar-refractivity contribution in [2.75, 3.05) is 0 Å². The zero-order valence-corrected chi connectivity index (χ0v) is 11.0. The van der Waals surface area contributed by atoms with Crippen LogP contribution in [0.4, 0.5) is 0 Å². The molecule has 0 saturated carbocycles. The van der Waals surface area contributed by atoms with Crippen LogP contribution in [0.25, 0.3) is 0 Å². The van der Waals surface area contributed by atoms with Crippen molar-refractivity contribution in [1.82, 2.24) is 5.32 Å². The first-order valence-electron chi connectivity index (χ1n) is 6.84. The molecule has 2 N–H and O–H groups in total. The molecule has 0 unspecified atom stereocenters. The lowest BCUT2D eigenvalue weighted by atomic mass is 10.1. The van der Waals surface area contributed by atoms with Crippen molar-refractivity contribution in [2.45, 2.75) is 32.0 Å². The molecule has 0 amide bonds. The van der Waals surface area contributed by atoms with Gasteiger partial charge in [-0.2, -0.15) is 0 Å². The number of fused-ring (bicyclic) bond motifs is 1. The van der Waals surface area contributed by atoms with Gasteiger partial charge in [-0.1, -0.05) is 48.5 Å². The quantitative estimate of drug-likeness (QED) is 0.877. The van der Waals surface area contributed by atoms with Crippen LogP contribution < -0.4 is 5.32 Å². The van der Waals surface area contributed by atoms with Crippen LogP contribution in [0.3, 0.4) is 0 Å². The van der Waals surface area contributed by atoms with Gasteiger partial charge < -0.3 is 10.4 Å². The van der Waals surface area contributed by atoms with Crippen molar-refractivity contribution >= 4 is 0 Å². The fourth-order valence-electron chi connectivity index (χ4n) is 2.80. The molecule has 0 aliphatic heterocycles. The third-order valence-electron chi connectivity index (χ3n) is 3.82. The third-order valence-corrected chi connectivity index (χ3v) is 3.82. The Labute approximate surface area is 114 Å². The Kier molecular flexibility index (Phi) is 3.62. The zero-order valence-electron chi connectivity index (χ0n) is 11.0. The Balaban J connectivity index is 1.59. The lowest BCUT2D eigenvalue weighted by molar-refractivity contribution is 0.281. The van der Waals surface area contributed by atoms with Gasteiger partial charge in [0.25, 0.3) is 0 Å². The Morgan fingerprint density at radius 1 is 0.947 bits per heavy atom. The predicted molar refractivity (Wildman–Crippen MR) is 76.8 cm³/mol. The number of rotatable bonds is 4. The van der Waals surface area contributed by atoms with Crippen LogP contribution in [0.15, 0.2) is 48.5 Å². The number of benzene rings is 2.